The summed E-state index contributed by atoms with van der Waals surface area (Å²) in [5.41, 5.74) is -5.86. The molecule has 2 aromatic rings. The first kappa shape index (κ1) is 92.8. The van der Waals surface area contributed by atoms with Crippen molar-refractivity contribution < 1.29 is 91.9 Å². The van der Waals surface area contributed by atoms with Gasteiger partial charge < -0.3 is 55.9 Å². The van der Waals surface area contributed by atoms with Crippen molar-refractivity contribution in [3.63, 3.8) is 0 Å². The molecule has 0 bridgehead atoms. The number of nitrogens with zero attached hydrogens (tertiary/aromatic N) is 4. The van der Waals surface area contributed by atoms with Crippen LogP contribution in [0.1, 0.15) is 204 Å². The van der Waals surface area contributed by atoms with Gasteiger partial charge in [0.2, 0.25) is 35.4 Å². The van der Waals surface area contributed by atoms with Crippen molar-refractivity contribution in [2.45, 2.75) is 183 Å². The Bertz CT molecular complexity index is 3730. The molecule has 0 saturated carbocycles. The van der Waals surface area contributed by atoms with Crippen LogP contribution in [0, 0.1) is 115 Å². The molecule has 5 rings (SSSR count). The third-order valence-corrected chi connectivity index (χ3v) is 23.6. The summed E-state index contributed by atoms with van der Waals surface area (Å²) in [4.78, 5) is 208. The summed E-state index contributed by atoms with van der Waals surface area (Å²) in [5, 5.41) is 45.9. The van der Waals surface area contributed by atoms with Gasteiger partial charge >= 0.3 is 35.8 Å². The molecule has 0 spiro atoms. The second-order valence-electron chi connectivity index (χ2n) is 36.5. The van der Waals surface area contributed by atoms with Gasteiger partial charge in [0.1, 0.15) is 0 Å². The minimum Gasteiger partial charge on any atom is -0.481 e. The molecule has 12 unspecified atom stereocenters. The summed E-state index contributed by atoms with van der Waals surface area (Å²) in [6.45, 7) is 31.6. The summed E-state index contributed by atoms with van der Waals surface area (Å²) in [6, 6.07) is 13.9. The highest BCUT2D eigenvalue weighted by molar-refractivity contribution is 6.07. The number of likely N-dealkylation sites (tertiary alicyclic amines) is 2. The summed E-state index contributed by atoms with van der Waals surface area (Å²) in [6.07, 6.45) is -1.15. The number of carboxylic acids is 3. The monoisotopic (exact) mass is 1550 g/mol. The fourth-order valence-electron chi connectivity index (χ4n) is 17.8. The van der Waals surface area contributed by atoms with Crippen LogP contribution in [0.5, 0.6) is 0 Å². The molecule has 3 fully saturated rings. The van der Waals surface area contributed by atoms with Crippen molar-refractivity contribution in [2.75, 3.05) is 83.9 Å². The van der Waals surface area contributed by atoms with Crippen molar-refractivity contribution in [1.82, 2.24) is 31.1 Å². The Kier molecular flexibility index (Phi) is 31.5. The van der Waals surface area contributed by atoms with Gasteiger partial charge in [0.05, 0.1) is 77.6 Å². The summed E-state index contributed by atoms with van der Waals surface area (Å²) >= 11 is 0. The van der Waals surface area contributed by atoms with E-state index in [4.69, 9.17) is 9.47 Å². The van der Waals surface area contributed by atoms with E-state index in [9.17, 15) is 58.5 Å². The number of aliphatic carboxylic acids is 3. The second-order valence-corrected chi connectivity index (χ2v) is 36.5. The van der Waals surface area contributed by atoms with E-state index in [2.05, 4.69) is 21.3 Å². The highest BCUT2D eigenvalue weighted by Crippen LogP contribution is 2.57. The van der Waals surface area contributed by atoms with Crippen LogP contribution in [-0.2, 0) is 67.0 Å². The molecular weight excluding hydrogens is 1420 g/mol. The van der Waals surface area contributed by atoms with E-state index in [-0.39, 0.29) is 102 Å². The predicted molar refractivity (Wildman–Crippen MR) is 419 cm³/mol. The number of esters is 3. The Hall–Kier alpha value is -8.78. The number of carbonyl (C=O) groups excluding carboxylic acids is 11. The molecule has 0 aromatic heterocycles. The van der Waals surface area contributed by atoms with Gasteiger partial charge in [0, 0.05) is 90.0 Å². The number of carboxylic acid groups (broad SMARTS) is 3. The molecule has 3 saturated heterocycles. The maximum Gasteiger partial charge on any atom is 0.318 e. The predicted octanol–water partition coefficient (Wildman–Crippen LogP) is 9.87. The largest absolute Gasteiger partial charge is 0.481 e. The fraction of sp³-hybridized carbons (Fsp3) is 0.690. The zero-order valence-electron chi connectivity index (χ0n) is 70.0. The van der Waals surface area contributed by atoms with Crippen LogP contribution in [0.25, 0.3) is 0 Å². The van der Waals surface area contributed by atoms with Gasteiger partial charge in [0.25, 0.3) is 11.8 Å². The Labute approximate surface area is 656 Å². The van der Waals surface area contributed by atoms with E-state index in [1.807, 2.05) is 84.7 Å². The molecule has 3 heterocycles. The summed E-state index contributed by atoms with van der Waals surface area (Å²) in [5.74, 6) is -28.8. The van der Waals surface area contributed by atoms with Crippen molar-refractivity contribution >= 4 is 94.4 Å². The number of ether oxygens (including phenoxy) is 2. The van der Waals surface area contributed by atoms with Crippen LogP contribution in [0.3, 0.4) is 0 Å². The average Bonchev–Trinajstić information content (AvgIpc) is 1.57. The second kappa shape index (κ2) is 37.7. The van der Waals surface area contributed by atoms with E-state index < -0.39 is 187 Å². The first-order valence-corrected chi connectivity index (χ1v) is 39.2. The highest BCUT2D eigenvalue weighted by Gasteiger charge is 2.63. The number of anilines is 2. The van der Waals surface area contributed by atoms with Crippen LogP contribution in [0.2, 0.25) is 0 Å². The molecule has 2 aromatic carbocycles. The van der Waals surface area contributed by atoms with E-state index in [1.165, 1.54) is 27.7 Å². The van der Waals surface area contributed by atoms with Crippen molar-refractivity contribution in [2.24, 2.45) is 115 Å². The lowest BCUT2D eigenvalue weighted by Gasteiger charge is -2.45. The average molecular weight is 1550 g/mol. The summed E-state index contributed by atoms with van der Waals surface area (Å²) < 4.78 is 10.5. The van der Waals surface area contributed by atoms with Crippen molar-refractivity contribution in [3.8, 4) is 0 Å². The lowest BCUT2D eigenvalue weighted by atomic mass is 9.57. The molecule has 0 radical (unpaired) electrons. The third kappa shape index (κ3) is 22.5. The Morgan fingerprint density at radius 2 is 0.901 bits per heavy atom. The van der Waals surface area contributed by atoms with Crippen molar-refractivity contribution in [3.05, 3.63) is 59.7 Å². The number of hydrogen-bond donors (Lipinski definition) is 7. The van der Waals surface area contributed by atoms with Gasteiger partial charge in [-0.2, -0.15) is 0 Å². The number of benzene rings is 2. The molecule has 27 nitrogen and oxygen atoms in total. The zero-order chi connectivity index (χ0) is 84.3. The number of cyclic esters (lactones) is 2. The number of nitrogens with one attached hydrogen (secondary N) is 4. The van der Waals surface area contributed by atoms with Gasteiger partial charge in [0.15, 0.2) is 0 Å². The van der Waals surface area contributed by atoms with Gasteiger partial charge in [-0.05, 0) is 145 Å². The van der Waals surface area contributed by atoms with Crippen LogP contribution < -0.4 is 31.1 Å². The minimum atomic E-state index is -1.76. The number of amides is 8. The van der Waals surface area contributed by atoms with Gasteiger partial charge in [-0.25, -0.2) is 0 Å². The molecule has 618 valence electrons. The number of imide groups is 2. The van der Waals surface area contributed by atoms with Crippen LogP contribution >= 0.6 is 0 Å². The van der Waals surface area contributed by atoms with E-state index in [1.54, 1.807) is 106 Å². The SMILES string of the molecule is CCOC(=O)C(C(CC(C)(C)C1C(=O)OC(=O)C1C)C(=O)O)C(C)(C)CC(C(=O)O)C(C(=O)NCC(C)C)C(C)(C)CC1C(=O)N(CC(C)C)C(=O)C1C(C)(C)CC1C(=O)N(CCCNC(=O)c2ccc(N(C)C)cc2)C(=O)C1C(C)(C)CC(C(=O)O)C(C(=O)NCCCNC(=O)c1ccc(N(C)C)cc1)C(C)(C)CC. The van der Waals surface area contributed by atoms with Gasteiger partial charge in [-0.3, -0.25) is 76.9 Å². The van der Waals surface area contributed by atoms with E-state index in [0.717, 1.165) is 21.2 Å². The zero-order valence-corrected chi connectivity index (χ0v) is 70.0. The maximum atomic E-state index is 15.7. The standard InChI is InChI=1S/C84H128N8O19/c1-24-79(8,9)60(67(95)87-37-26-36-85-65(93)50-28-32-52(33-29-50)89(20)21)56(73(101)102)42-83(16,17)62-54(69(97)91(71(62)99)39-27-38-86-66(94)51-30-34-53(35-31-51)90(22)23)41-82(14,15)63-55(70(98)92(72(63)100)46-48(5)6)40-81(12,13)61(68(96)88-45-47(3)4)57(74(103)104)43-84(18,19)64(77(108)110-25-2)58(75(105)106)44-80(10,11)59-49(7)76(107)111-78(59)109/h28-35,47-49,54-64H,24-27,36-46H2,1-23H3,(H,85,93)(H,86,94)(H,87,95)(H,88,96)(H,101,102)(H,103,104)(H,105,106). The smallest absolute Gasteiger partial charge is 0.318 e. The molecule has 27 heteroatoms. The normalized spacial score (nSPS) is 20.3. The number of rotatable bonds is 43. The Morgan fingerprint density at radius 1 is 0.486 bits per heavy atom. The fourth-order valence-corrected chi connectivity index (χ4v) is 17.8. The molecule has 111 heavy (non-hydrogen) atoms. The molecule has 7 N–H and O–H groups in total. The van der Waals surface area contributed by atoms with E-state index in [0.29, 0.717) is 17.5 Å². The quantitative estimate of drug-likeness (QED) is 0.0140. The lowest BCUT2D eigenvalue weighted by Crippen LogP contribution is -2.51. The maximum absolute atomic E-state index is 15.7. The first-order valence-electron chi connectivity index (χ1n) is 39.2. The first-order chi connectivity index (χ1) is 51.2. The van der Waals surface area contributed by atoms with Crippen molar-refractivity contribution in [1.29, 1.82) is 0 Å². The summed E-state index contributed by atoms with van der Waals surface area (Å²) in [7, 11) is 7.50. The highest BCUT2D eigenvalue weighted by atomic mass is 16.6. The molecule has 3 aliphatic heterocycles. The lowest BCUT2D eigenvalue weighted by molar-refractivity contribution is -0.168. The molecule has 8 amide bonds. The van der Waals surface area contributed by atoms with Gasteiger partial charge in [-0.1, -0.05) is 131 Å². The van der Waals surface area contributed by atoms with Crippen LogP contribution in [-0.4, -0.2) is 182 Å². The van der Waals surface area contributed by atoms with Gasteiger partial charge in [-0.15, -0.1) is 0 Å². The molecule has 3 aliphatic rings. The number of hydrogen-bond acceptors (Lipinski definition) is 18. The molecule has 12 atom stereocenters. The van der Waals surface area contributed by atoms with Crippen LogP contribution in [0.4, 0.5) is 11.4 Å². The van der Waals surface area contributed by atoms with E-state index >= 15 is 24.0 Å². The molecular formula is C84H128N8O19. The van der Waals surface area contributed by atoms with Crippen LogP contribution in [0.15, 0.2) is 48.5 Å². The Morgan fingerprint density at radius 3 is 1.34 bits per heavy atom. The number of carbonyl (C=O) groups is 14. The topological polar surface area (TPSA) is 379 Å². The molecule has 0 aliphatic carbocycles. The third-order valence-electron chi connectivity index (χ3n) is 23.6. The minimum absolute atomic E-state index is 0.0195. The Balaban J connectivity index is 1.61.